The summed E-state index contributed by atoms with van der Waals surface area (Å²) in [5, 5.41) is 2.36. The molecule has 0 N–H and O–H groups in total. The zero-order chi connectivity index (χ0) is 11.5. The lowest BCUT2D eigenvalue weighted by molar-refractivity contribution is -0.139. The maximum absolute atomic E-state index is 11.1. The van der Waals surface area contributed by atoms with Gasteiger partial charge in [0.1, 0.15) is 0 Å². The summed E-state index contributed by atoms with van der Waals surface area (Å²) in [5.41, 5.74) is 2.23. The van der Waals surface area contributed by atoms with Crippen LogP contribution in [0.1, 0.15) is 11.1 Å². The van der Waals surface area contributed by atoms with Crippen LogP contribution >= 0.6 is 0 Å². The fraction of sp³-hybridized carbons (Fsp3) is 0.214. The van der Waals surface area contributed by atoms with Crippen molar-refractivity contribution in [1.82, 2.24) is 0 Å². The number of ether oxygens (including phenoxy) is 1. The fourth-order valence-electron chi connectivity index (χ4n) is 1.76. The molecule has 2 nitrogen and oxygen atoms in total. The van der Waals surface area contributed by atoms with Crippen LogP contribution in [-0.2, 0) is 16.0 Å². The molecular weight excluding hydrogens is 200 g/mol. The molecule has 0 fully saturated rings. The molecule has 0 amide bonds. The van der Waals surface area contributed by atoms with E-state index in [1.807, 2.05) is 18.2 Å². The molecule has 2 aromatic carbocycles. The molecule has 0 heterocycles. The Morgan fingerprint density at radius 3 is 2.56 bits per heavy atom. The van der Waals surface area contributed by atoms with Crippen molar-refractivity contribution in [2.24, 2.45) is 0 Å². The van der Waals surface area contributed by atoms with Gasteiger partial charge in [-0.1, -0.05) is 42.0 Å². The van der Waals surface area contributed by atoms with Crippen molar-refractivity contribution in [2.45, 2.75) is 13.3 Å². The fourth-order valence-corrected chi connectivity index (χ4v) is 1.76. The van der Waals surface area contributed by atoms with Gasteiger partial charge in [0.15, 0.2) is 0 Å². The summed E-state index contributed by atoms with van der Waals surface area (Å²) in [6, 6.07) is 12.3. The highest BCUT2D eigenvalue weighted by Crippen LogP contribution is 2.18. The van der Waals surface area contributed by atoms with Gasteiger partial charge in [-0.25, -0.2) is 0 Å². The van der Waals surface area contributed by atoms with Crippen molar-refractivity contribution in [2.75, 3.05) is 7.11 Å². The van der Waals surface area contributed by atoms with Gasteiger partial charge in [-0.2, -0.15) is 0 Å². The van der Waals surface area contributed by atoms with Gasteiger partial charge < -0.3 is 4.74 Å². The van der Waals surface area contributed by atoms with Crippen LogP contribution in [0.4, 0.5) is 0 Å². The summed E-state index contributed by atoms with van der Waals surface area (Å²) in [5.74, 6) is -0.202. The molecule has 0 aliphatic rings. The minimum atomic E-state index is -0.202. The lowest BCUT2D eigenvalue weighted by Gasteiger charge is -2.03. The van der Waals surface area contributed by atoms with Crippen molar-refractivity contribution in [3.63, 3.8) is 0 Å². The van der Waals surface area contributed by atoms with E-state index in [0.29, 0.717) is 6.42 Å². The molecule has 0 spiro atoms. The average Bonchev–Trinajstić information content (AvgIpc) is 2.29. The second kappa shape index (κ2) is 4.35. The Balaban J connectivity index is 2.37. The number of benzene rings is 2. The second-order valence-electron chi connectivity index (χ2n) is 3.94. The monoisotopic (exact) mass is 214 g/mol. The standard InChI is InChI=1S/C14H14O2/c1-10-3-5-13-8-11(9-14(15)16-2)4-6-12(13)7-10/h3-8H,9H2,1-2H3. The Kier molecular flexibility index (Phi) is 2.91. The Morgan fingerprint density at radius 1 is 1.12 bits per heavy atom. The van der Waals surface area contributed by atoms with Crippen LogP contribution in [0.15, 0.2) is 36.4 Å². The van der Waals surface area contributed by atoms with Crippen LogP contribution in [0.2, 0.25) is 0 Å². The van der Waals surface area contributed by atoms with E-state index in [4.69, 9.17) is 0 Å². The first kappa shape index (κ1) is 10.7. The molecule has 0 radical (unpaired) electrons. The molecule has 2 rings (SSSR count). The summed E-state index contributed by atoms with van der Waals surface area (Å²) >= 11 is 0. The maximum atomic E-state index is 11.1. The van der Waals surface area contributed by atoms with Crippen LogP contribution in [0.5, 0.6) is 0 Å². The first-order chi connectivity index (χ1) is 7.69. The predicted octanol–water partition coefficient (Wildman–Crippen LogP) is 2.86. The molecule has 0 saturated heterocycles. The van der Waals surface area contributed by atoms with E-state index in [1.165, 1.54) is 18.1 Å². The molecule has 0 aliphatic heterocycles. The second-order valence-corrected chi connectivity index (χ2v) is 3.94. The number of rotatable bonds is 2. The largest absolute Gasteiger partial charge is 0.469 e. The summed E-state index contributed by atoms with van der Waals surface area (Å²) in [6.07, 6.45) is 0.334. The normalized spacial score (nSPS) is 10.4. The van der Waals surface area contributed by atoms with Crippen molar-refractivity contribution in [3.05, 3.63) is 47.5 Å². The third kappa shape index (κ3) is 2.22. The Morgan fingerprint density at radius 2 is 1.81 bits per heavy atom. The number of carbonyl (C=O) groups is 1. The topological polar surface area (TPSA) is 26.3 Å². The van der Waals surface area contributed by atoms with Crippen LogP contribution < -0.4 is 0 Å². The number of fused-ring (bicyclic) bond motifs is 1. The predicted molar refractivity (Wildman–Crippen MR) is 64.4 cm³/mol. The summed E-state index contributed by atoms with van der Waals surface area (Å²) < 4.78 is 4.65. The van der Waals surface area contributed by atoms with E-state index >= 15 is 0 Å². The minimum Gasteiger partial charge on any atom is -0.469 e. The highest BCUT2D eigenvalue weighted by Gasteiger charge is 2.03. The molecule has 2 heteroatoms. The summed E-state index contributed by atoms with van der Waals surface area (Å²) in [6.45, 7) is 2.07. The quantitative estimate of drug-likeness (QED) is 0.718. The van der Waals surface area contributed by atoms with E-state index in [1.54, 1.807) is 0 Å². The molecule has 0 atom stereocenters. The summed E-state index contributed by atoms with van der Waals surface area (Å²) in [4.78, 5) is 11.1. The van der Waals surface area contributed by atoms with Crippen LogP contribution in [0, 0.1) is 6.92 Å². The number of hydrogen-bond acceptors (Lipinski definition) is 2. The lowest BCUT2D eigenvalue weighted by atomic mass is 10.0. The van der Waals surface area contributed by atoms with Gasteiger partial charge in [0, 0.05) is 0 Å². The van der Waals surface area contributed by atoms with E-state index in [2.05, 4.69) is 29.9 Å². The molecule has 0 aromatic heterocycles. The average molecular weight is 214 g/mol. The number of hydrogen-bond donors (Lipinski definition) is 0. The van der Waals surface area contributed by atoms with E-state index in [0.717, 1.165) is 10.9 Å². The van der Waals surface area contributed by atoms with E-state index in [-0.39, 0.29) is 5.97 Å². The van der Waals surface area contributed by atoms with E-state index < -0.39 is 0 Å². The Bertz CT molecular complexity index is 529. The van der Waals surface area contributed by atoms with Gasteiger partial charge >= 0.3 is 5.97 Å². The van der Waals surface area contributed by atoms with Gasteiger partial charge in [-0.15, -0.1) is 0 Å². The highest BCUT2D eigenvalue weighted by atomic mass is 16.5. The maximum Gasteiger partial charge on any atom is 0.309 e. The van der Waals surface area contributed by atoms with Crippen LogP contribution in [0.25, 0.3) is 10.8 Å². The molecule has 82 valence electrons. The molecule has 2 aromatic rings. The van der Waals surface area contributed by atoms with Crippen LogP contribution in [-0.4, -0.2) is 13.1 Å². The van der Waals surface area contributed by atoms with Gasteiger partial charge in [-0.05, 0) is 23.3 Å². The minimum absolute atomic E-state index is 0.202. The Hall–Kier alpha value is -1.83. The molecule has 16 heavy (non-hydrogen) atoms. The number of esters is 1. The number of aryl methyl sites for hydroxylation is 1. The zero-order valence-electron chi connectivity index (χ0n) is 9.49. The smallest absolute Gasteiger partial charge is 0.309 e. The van der Waals surface area contributed by atoms with E-state index in [9.17, 15) is 4.79 Å². The van der Waals surface area contributed by atoms with Crippen molar-refractivity contribution < 1.29 is 9.53 Å². The lowest BCUT2D eigenvalue weighted by Crippen LogP contribution is -2.04. The molecule has 0 saturated carbocycles. The molecule has 0 bridgehead atoms. The van der Waals surface area contributed by atoms with Crippen LogP contribution in [0.3, 0.4) is 0 Å². The van der Waals surface area contributed by atoms with Crippen molar-refractivity contribution in [3.8, 4) is 0 Å². The first-order valence-corrected chi connectivity index (χ1v) is 5.25. The van der Waals surface area contributed by atoms with Gasteiger partial charge in [0.2, 0.25) is 0 Å². The number of carbonyl (C=O) groups excluding carboxylic acids is 1. The Labute approximate surface area is 94.8 Å². The SMILES string of the molecule is COC(=O)Cc1ccc2cc(C)ccc2c1. The third-order valence-corrected chi connectivity index (χ3v) is 2.64. The van der Waals surface area contributed by atoms with Gasteiger partial charge in [0.05, 0.1) is 13.5 Å². The van der Waals surface area contributed by atoms with Crippen molar-refractivity contribution in [1.29, 1.82) is 0 Å². The van der Waals surface area contributed by atoms with Gasteiger partial charge in [0.25, 0.3) is 0 Å². The third-order valence-electron chi connectivity index (χ3n) is 2.64. The highest BCUT2D eigenvalue weighted by molar-refractivity contribution is 5.85. The first-order valence-electron chi connectivity index (χ1n) is 5.25. The molecule has 0 unspecified atom stereocenters. The molecule has 0 aliphatic carbocycles. The summed E-state index contributed by atoms with van der Waals surface area (Å²) in [7, 11) is 1.41. The molecular formula is C14H14O2. The number of methoxy groups -OCH3 is 1. The van der Waals surface area contributed by atoms with Crippen molar-refractivity contribution >= 4 is 16.7 Å². The van der Waals surface area contributed by atoms with Gasteiger partial charge in [-0.3, -0.25) is 4.79 Å². The zero-order valence-corrected chi connectivity index (χ0v) is 9.49.